The summed E-state index contributed by atoms with van der Waals surface area (Å²) >= 11 is 0. The third kappa shape index (κ3) is 44.6. The standard InChI is InChI=1S/C45H81O9P/c1-41(2)35-31-27-23-19-15-11-7-4-5-9-13-17-21-25-29-33-37-44(47)52-39-43(40-53-55(49,50)51)54-45(48)38-34-30-26-22-18-14-10-6-8-12-16-20-24-28-32-36-42(3)46/h8,10,12,14,20,22,24,26,41-43,46H,4-7,9,11,13,15-19,21,23,25,27-40H2,1-3H3,(H2,49,50,51)/b12-8-,14-10-,24-20-,26-22-/t42-,43+/m0/s1. The van der Waals surface area contributed by atoms with Crippen molar-refractivity contribution < 1.29 is 43.0 Å². The topological polar surface area (TPSA) is 140 Å². The van der Waals surface area contributed by atoms with E-state index in [1.807, 2.05) is 19.1 Å². The summed E-state index contributed by atoms with van der Waals surface area (Å²) in [4.78, 5) is 42.9. The lowest BCUT2D eigenvalue weighted by Crippen LogP contribution is -2.29. The molecule has 0 amide bonds. The highest BCUT2D eigenvalue weighted by Crippen LogP contribution is 2.36. The predicted molar refractivity (Wildman–Crippen MR) is 227 cm³/mol. The maximum absolute atomic E-state index is 12.4. The first-order valence-corrected chi connectivity index (χ1v) is 23.4. The molecule has 0 spiro atoms. The number of phosphoric acid groups is 1. The molecule has 0 heterocycles. The molecule has 0 rings (SSSR count). The summed E-state index contributed by atoms with van der Waals surface area (Å²) in [6, 6.07) is 0. The van der Waals surface area contributed by atoms with Gasteiger partial charge in [-0.2, -0.15) is 0 Å². The van der Waals surface area contributed by atoms with Crippen LogP contribution in [0.1, 0.15) is 194 Å². The van der Waals surface area contributed by atoms with Crippen molar-refractivity contribution in [2.45, 2.75) is 206 Å². The summed E-state index contributed by atoms with van der Waals surface area (Å²) in [5.41, 5.74) is 0. The minimum Gasteiger partial charge on any atom is -0.462 e. The Balaban J connectivity index is 3.97. The number of carbonyl (C=O) groups excluding carboxylic acids is 2. The van der Waals surface area contributed by atoms with Crippen LogP contribution >= 0.6 is 7.82 Å². The maximum Gasteiger partial charge on any atom is 0.469 e. The number of hydrogen-bond acceptors (Lipinski definition) is 7. The third-order valence-electron chi connectivity index (χ3n) is 9.30. The number of aliphatic hydroxyl groups is 1. The van der Waals surface area contributed by atoms with Crippen LogP contribution in [0.2, 0.25) is 0 Å². The van der Waals surface area contributed by atoms with E-state index < -0.39 is 32.5 Å². The first-order chi connectivity index (χ1) is 26.5. The molecule has 3 N–H and O–H groups in total. The monoisotopic (exact) mass is 797 g/mol. The van der Waals surface area contributed by atoms with E-state index in [4.69, 9.17) is 19.3 Å². The molecule has 0 saturated carbocycles. The fraction of sp³-hybridized carbons (Fsp3) is 0.778. The zero-order valence-corrected chi connectivity index (χ0v) is 36.0. The summed E-state index contributed by atoms with van der Waals surface area (Å²) in [7, 11) is -4.78. The number of phosphoric ester groups is 1. The lowest BCUT2D eigenvalue weighted by Gasteiger charge is -2.18. The van der Waals surface area contributed by atoms with Crippen LogP contribution in [0.5, 0.6) is 0 Å². The molecule has 0 aliphatic heterocycles. The molecule has 0 saturated heterocycles. The van der Waals surface area contributed by atoms with E-state index in [9.17, 15) is 19.3 Å². The van der Waals surface area contributed by atoms with E-state index >= 15 is 0 Å². The molecule has 0 aliphatic carbocycles. The lowest BCUT2D eigenvalue weighted by atomic mass is 10.0. The molecule has 55 heavy (non-hydrogen) atoms. The number of carbonyl (C=O) groups is 2. The van der Waals surface area contributed by atoms with Crippen LogP contribution in [0.15, 0.2) is 48.6 Å². The second-order valence-corrected chi connectivity index (χ2v) is 16.7. The van der Waals surface area contributed by atoms with E-state index in [1.165, 1.54) is 89.9 Å². The van der Waals surface area contributed by atoms with Gasteiger partial charge in [0.15, 0.2) is 6.10 Å². The highest BCUT2D eigenvalue weighted by atomic mass is 31.2. The lowest BCUT2D eigenvalue weighted by molar-refractivity contribution is -0.161. The van der Waals surface area contributed by atoms with E-state index in [0.717, 1.165) is 57.3 Å². The van der Waals surface area contributed by atoms with Gasteiger partial charge < -0.3 is 24.4 Å². The van der Waals surface area contributed by atoms with Crippen LogP contribution in [-0.4, -0.2) is 52.3 Å². The second-order valence-electron chi connectivity index (χ2n) is 15.4. The number of ether oxygens (including phenoxy) is 2. The van der Waals surface area contributed by atoms with Gasteiger partial charge in [0, 0.05) is 12.8 Å². The van der Waals surface area contributed by atoms with Gasteiger partial charge in [0.1, 0.15) is 6.61 Å². The van der Waals surface area contributed by atoms with Gasteiger partial charge in [-0.3, -0.25) is 14.1 Å². The fourth-order valence-corrected chi connectivity index (χ4v) is 6.40. The van der Waals surface area contributed by atoms with E-state index in [-0.39, 0.29) is 25.6 Å². The quantitative estimate of drug-likeness (QED) is 0.0240. The molecule has 0 aromatic carbocycles. The number of unbranched alkanes of at least 4 members (excludes halogenated alkanes) is 17. The summed E-state index contributed by atoms with van der Waals surface area (Å²) < 4.78 is 26.3. The molecule has 0 radical (unpaired) electrons. The number of hydrogen-bond donors (Lipinski definition) is 3. The Morgan fingerprint density at radius 3 is 1.40 bits per heavy atom. The zero-order valence-electron chi connectivity index (χ0n) is 35.1. The van der Waals surface area contributed by atoms with E-state index in [0.29, 0.717) is 19.3 Å². The SMILES string of the molecule is CC(C)CCCCCCCCCCCCCCCCCCC(=O)OC[C@H](COP(=O)(O)O)OC(=O)CCC/C=C\C/C=C\C/C=C\C/C=C\CCC[C@H](C)O. The summed E-state index contributed by atoms with van der Waals surface area (Å²) in [5, 5.41) is 9.25. The second kappa shape index (κ2) is 38.8. The van der Waals surface area contributed by atoms with Crippen molar-refractivity contribution in [1.82, 2.24) is 0 Å². The van der Waals surface area contributed by atoms with Gasteiger partial charge in [-0.05, 0) is 70.6 Å². The average Bonchev–Trinajstić information content (AvgIpc) is 3.12. The number of esters is 2. The van der Waals surface area contributed by atoms with Crippen molar-refractivity contribution >= 4 is 19.8 Å². The van der Waals surface area contributed by atoms with Crippen LogP contribution in [0.25, 0.3) is 0 Å². The van der Waals surface area contributed by atoms with E-state index in [1.54, 1.807) is 0 Å². The van der Waals surface area contributed by atoms with Crippen molar-refractivity contribution in [2.24, 2.45) is 5.92 Å². The van der Waals surface area contributed by atoms with Crippen LogP contribution in [0.3, 0.4) is 0 Å². The largest absolute Gasteiger partial charge is 0.469 e. The van der Waals surface area contributed by atoms with Crippen LogP contribution in [-0.2, 0) is 28.2 Å². The minimum absolute atomic E-state index is 0.124. The van der Waals surface area contributed by atoms with Crippen molar-refractivity contribution in [3.05, 3.63) is 48.6 Å². The van der Waals surface area contributed by atoms with E-state index in [2.05, 4.69) is 54.8 Å². The third-order valence-corrected chi connectivity index (χ3v) is 9.78. The van der Waals surface area contributed by atoms with Gasteiger partial charge in [-0.1, -0.05) is 165 Å². The Hall–Kier alpha value is -2.03. The molecule has 0 aromatic rings. The average molecular weight is 797 g/mol. The molecule has 0 unspecified atom stereocenters. The zero-order chi connectivity index (χ0) is 40.7. The normalized spacial score (nSPS) is 13.6. The van der Waals surface area contributed by atoms with Gasteiger partial charge in [-0.15, -0.1) is 0 Å². The minimum atomic E-state index is -4.78. The molecule has 0 aliphatic rings. The van der Waals surface area contributed by atoms with Crippen LogP contribution < -0.4 is 0 Å². The first-order valence-electron chi connectivity index (χ1n) is 21.8. The molecular weight excluding hydrogens is 715 g/mol. The molecule has 320 valence electrons. The molecule has 0 bridgehead atoms. The van der Waals surface area contributed by atoms with Gasteiger partial charge in [-0.25, -0.2) is 4.57 Å². The predicted octanol–water partition coefficient (Wildman–Crippen LogP) is 12.3. The molecule has 0 fully saturated rings. The summed E-state index contributed by atoms with van der Waals surface area (Å²) in [6.07, 6.45) is 44.0. The van der Waals surface area contributed by atoms with Gasteiger partial charge in [0.05, 0.1) is 12.7 Å². The van der Waals surface area contributed by atoms with Crippen molar-refractivity contribution in [3.63, 3.8) is 0 Å². The molecule has 2 atom stereocenters. The smallest absolute Gasteiger partial charge is 0.462 e. The van der Waals surface area contributed by atoms with Gasteiger partial charge >= 0.3 is 19.8 Å². The van der Waals surface area contributed by atoms with Crippen molar-refractivity contribution in [3.8, 4) is 0 Å². The Morgan fingerprint density at radius 1 is 0.527 bits per heavy atom. The van der Waals surface area contributed by atoms with Crippen molar-refractivity contribution in [1.29, 1.82) is 0 Å². The maximum atomic E-state index is 12.4. The summed E-state index contributed by atoms with van der Waals surface area (Å²) in [5.74, 6) is -0.126. The molecular formula is C45H81O9P. The Labute approximate surface area is 336 Å². The van der Waals surface area contributed by atoms with Crippen LogP contribution in [0, 0.1) is 5.92 Å². The molecule has 0 aromatic heterocycles. The fourth-order valence-electron chi connectivity index (χ4n) is 6.04. The number of aliphatic hydroxyl groups excluding tert-OH is 1. The molecule has 9 nitrogen and oxygen atoms in total. The highest BCUT2D eigenvalue weighted by Gasteiger charge is 2.22. The van der Waals surface area contributed by atoms with Crippen molar-refractivity contribution in [2.75, 3.05) is 13.2 Å². The van der Waals surface area contributed by atoms with Crippen LogP contribution in [0.4, 0.5) is 0 Å². The highest BCUT2D eigenvalue weighted by molar-refractivity contribution is 7.46. The Morgan fingerprint density at radius 2 is 0.945 bits per heavy atom. The van der Waals surface area contributed by atoms with Gasteiger partial charge in [0.25, 0.3) is 0 Å². The Kier molecular flexibility index (Phi) is 37.4. The number of rotatable bonds is 39. The number of allylic oxidation sites excluding steroid dienone is 8. The summed E-state index contributed by atoms with van der Waals surface area (Å²) in [6.45, 7) is 5.55. The first kappa shape index (κ1) is 53.0. The molecule has 10 heteroatoms. The Bertz CT molecular complexity index is 1060. The van der Waals surface area contributed by atoms with Gasteiger partial charge in [0.2, 0.25) is 0 Å².